The van der Waals surface area contributed by atoms with Crippen LogP contribution in [0, 0.1) is 6.92 Å². The molecule has 0 spiro atoms. The lowest BCUT2D eigenvalue weighted by Gasteiger charge is -2.07. The summed E-state index contributed by atoms with van der Waals surface area (Å²) in [6.07, 6.45) is 0. The van der Waals surface area contributed by atoms with Crippen molar-refractivity contribution in [2.24, 2.45) is 0 Å². The summed E-state index contributed by atoms with van der Waals surface area (Å²) in [5.41, 5.74) is 1.55. The van der Waals surface area contributed by atoms with Crippen LogP contribution in [0.1, 0.15) is 15.9 Å². The Balaban J connectivity index is 2.02. The molecule has 0 amide bonds. The summed E-state index contributed by atoms with van der Waals surface area (Å²) >= 11 is 9.27. The lowest BCUT2D eigenvalue weighted by molar-refractivity contribution is 0.0921. The van der Waals surface area contributed by atoms with Crippen LogP contribution in [0.15, 0.2) is 46.9 Å². The van der Waals surface area contributed by atoms with Crippen LogP contribution in [-0.4, -0.2) is 12.4 Å². The monoisotopic (exact) mass is 338 g/mol. The molecule has 2 rings (SSSR count). The second kappa shape index (κ2) is 6.22. The van der Waals surface area contributed by atoms with Gasteiger partial charge in [-0.15, -0.1) is 0 Å². The lowest BCUT2D eigenvalue weighted by Crippen LogP contribution is -2.11. The number of rotatable bonds is 4. The van der Waals surface area contributed by atoms with Crippen molar-refractivity contribution in [2.75, 3.05) is 6.61 Å². The quantitative estimate of drug-likeness (QED) is 0.757. The molecule has 0 radical (unpaired) electrons. The van der Waals surface area contributed by atoms with Crippen molar-refractivity contribution in [1.29, 1.82) is 0 Å². The average Bonchev–Trinajstić information content (AvgIpc) is 2.40. The topological polar surface area (TPSA) is 26.3 Å². The zero-order valence-corrected chi connectivity index (χ0v) is 12.7. The summed E-state index contributed by atoms with van der Waals surface area (Å²) in [6, 6.07) is 12.6. The molecule has 0 aromatic heterocycles. The summed E-state index contributed by atoms with van der Waals surface area (Å²) < 4.78 is 6.35. The fourth-order valence-corrected chi connectivity index (χ4v) is 2.12. The van der Waals surface area contributed by atoms with Gasteiger partial charge in [-0.25, -0.2) is 0 Å². The highest BCUT2D eigenvalue weighted by Crippen LogP contribution is 2.21. The van der Waals surface area contributed by atoms with Gasteiger partial charge in [-0.3, -0.25) is 4.79 Å². The number of hydrogen-bond acceptors (Lipinski definition) is 2. The Morgan fingerprint density at radius 3 is 2.74 bits per heavy atom. The zero-order chi connectivity index (χ0) is 13.8. The van der Waals surface area contributed by atoms with Gasteiger partial charge >= 0.3 is 0 Å². The van der Waals surface area contributed by atoms with Gasteiger partial charge in [0.15, 0.2) is 12.4 Å². The molecule has 4 heteroatoms. The molecule has 0 bridgehead atoms. The third-order valence-electron chi connectivity index (χ3n) is 2.65. The van der Waals surface area contributed by atoms with Crippen molar-refractivity contribution in [3.63, 3.8) is 0 Å². The minimum atomic E-state index is -0.0612. The molecule has 0 atom stereocenters. The van der Waals surface area contributed by atoms with Crippen molar-refractivity contribution in [3.8, 4) is 5.75 Å². The minimum Gasteiger partial charge on any atom is -0.485 e. The summed E-state index contributed by atoms with van der Waals surface area (Å²) in [5, 5.41) is 0.686. The Morgan fingerprint density at radius 1 is 1.26 bits per heavy atom. The van der Waals surface area contributed by atoms with E-state index < -0.39 is 0 Å². The largest absolute Gasteiger partial charge is 0.485 e. The Hall–Kier alpha value is -1.32. The first-order valence-electron chi connectivity index (χ1n) is 5.74. The SMILES string of the molecule is Cc1cc(OCC(=O)c2cccc(Br)c2)ccc1Cl. The Bertz CT molecular complexity index is 611. The second-order valence-electron chi connectivity index (χ2n) is 4.13. The average molecular weight is 340 g/mol. The first kappa shape index (κ1) is 14.1. The normalized spacial score (nSPS) is 10.3. The molecule has 0 heterocycles. The zero-order valence-electron chi connectivity index (χ0n) is 10.3. The maximum absolute atomic E-state index is 12.0. The predicted octanol–water partition coefficient (Wildman–Crippen LogP) is 4.67. The van der Waals surface area contributed by atoms with Crippen molar-refractivity contribution < 1.29 is 9.53 Å². The maximum Gasteiger partial charge on any atom is 0.200 e. The Morgan fingerprint density at radius 2 is 2.05 bits per heavy atom. The van der Waals surface area contributed by atoms with Gasteiger partial charge in [0, 0.05) is 15.1 Å². The van der Waals surface area contributed by atoms with Crippen molar-refractivity contribution in [3.05, 3.63) is 63.1 Å². The van der Waals surface area contributed by atoms with E-state index in [2.05, 4.69) is 15.9 Å². The Labute approximate surface area is 125 Å². The van der Waals surface area contributed by atoms with Crippen LogP contribution >= 0.6 is 27.5 Å². The van der Waals surface area contributed by atoms with Crippen LogP contribution in [0.3, 0.4) is 0 Å². The molecule has 0 aliphatic carbocycles. The van der Waals surface area contributed by atoms with E-state index in [1.165, 1.54) is 0 Å². The Kier molecular flexibility index (Phi) is 4.61. The third kappa shape index (κ3) is 3.82. The summed E-state index contributed by atoms with van der Waals surface area (Å²) in [6.45, 7) is 1.91. The highest BCUT2D eigenvalue weighted by molar-refractivity contribution is 9.10. The number of Topliss-reactive ketones (excluding diaryl/α,β-unsaturated/α-hetero) is 1. The second-order valence-corrected chi connectivity index (χ2v) is 5.46. The van der Waals surface area contributed by atoms with Crippen molar-refractivity contribution >= 4 is 33.3 Å². The molecule has 2 nitrogen and oxygen atoms in total. The van der Waals surface area contributed by atoms with E-state index in [4.69, 9.17) is 16.3 Å². The van der Waals surface area contributed by atoms with Gasteiger partial charge in [0.25, 0.3) is 0 Å². The van der Waals surface area contributed by atoms with Crippen LogP contribution in [0.5, 0.6) is 5.75 Å². The van der Waals surface area contributed by atoms with E-state index in [-0.39, 0.29) is 12.4 Å². The molecule has 0 fully saturated rings. The highest BCUT2D eigenvalue weighted by atomic mass is 79.9. The molecule has 2 aromatic carbocycles. The first-order chi connectivity index (χ1) is 9.06. The molecule has 0 unspecified atom stereocenters. The number of carbonyl (C=O) groups is 1. The van der Waals surface area contributed by atoms with Crippen LogP contribution in [0.2, 0.25) is 5.02 Å². The summed E-state index contributed by atoms with van der Waals surface area (Å²) in [4.78, 5) is 12.0. The van der Waals surface area contributed by atoms with Crippen LogP contribution < -0.4 is 4.74 Å². The van der Waals surface area contributed by atoms with Crippen LogP contribution in [-0.2, 0) is 0 Å². The van der Waals surface area contributed by atoms with E-state index in [9.17, 15) is 4.79 Å². The number of aryl methyl sites for hydroxylation is 1. The van der Waals surface area contributed by atoms with Crippen LogP contribution in [0.4, 0.5) is 0 Å². The smallest absolute Gasteiger partial charge is 0.200 e. The standard InChI is InChI=1S/C15H12BrClO2/c1-10-7-13(5-6-14(10)17)19-9-15(18)11-3-2-4-12(16)8-11/h2-8H,9H2,1H3. The molecule has 98 valence electrons. The molecule has 0 aliphatic rings. The molecular formula is C15H12BrClO2. The van der Waals surface area contributed by atoms with Gasteiger partial charge in [-0.2, -0.15) is 0 Å². The summed E-state index contributed by atoms with van der Waals surface area (Å²) in [5.74, 6) is 0.583. The van der Waals surface area contributed by atoms with Gasteiger partial charge in [-0.1, -0.05) is 39.7 Å². The van der Waals surface area contributed by atoms with E-state index >= 15 is 0 Å². The number of carbonyl (C=O) groups excluding carboxylic acids is 1. The van der Waals surface area contributed by atoms with Gasteiger partial charge < -0.3 is 4.74 Å². The van der Waals surface area contributed by atoms with Gasteiger partial charge in [0.05, 0.1) is 0 Å². The molecule has 0 aliphatic heterocycles. The van der Waals surface area contributed by atoms with Gasteiger partial charge in [-0.05, 0) is 42.8 Å². The maximum atomic E-state index is 12.0. The highest BCUT2D eigenvalue weighted by Gasteiger charge is 2.07. The van der Waals surface area contributed by atoms with E-state index in [1.807, 2.05) is 25.1 Å². The van der Waals surface area contributed by atoms with Crippen molar-refractivity contribution in [1.82, 2.24) is 0 Å². The minimum absolute atomic E-state index is 0.0114. The van der Waals surface area contributed by atoms with Crippen LogP contribution in [0.25, 0.3) is 0 Å². The van der Waals surface area contributed by atoms with E-state index in [1.54, 1.807) is 24.3 Å². The number of ketones is 1. The number of benzene rings is 2. The lowest BCUT2D eigenvalue weighted by atomic mass is 10.1. The number of halogens is 2. The molecule has 0 saturated heterocycles. The first-order valence-corrected chi connectivity index (χ1v) is 6.91. The van der Waals surface area contributed by atoms with Gasteiger partial charge in [0.1, 0.15) is 5.75 Å². The predicted molar refractivity (Wildman–Crippen MR) is 80.2 cm³/mol. The van der Waals surface area contributed by atoms with Crippen molar-refractivity contribution in [2.45, 2.75) is 6.92 Å². The molecule has 0 saturated carbocycles. The number of hydrogen-bond donors (Lipinski definition) is 0. The fraction of sp³-hybridized carbons (Fsp3) is 0.133. The van der Waals surface area contributed by atoms with E-state index in [0.29, 0.717) is 16.3 Å². The molecule has 19 heavy (non-hydrogen) atoms. The molecular weight excluding hydrogens is 328 g/mol. The van der Waals surface area contributed by atoms with Gasteiger partial charge in [0.2, 0.25) is 0 Å². The fourth-order valence-electron chi connectivity index (χ4n) is 1.60. The third-order valence-corrected chi connectivity index (χ3v) is 3.56. The number of ether oxygens (including phenoxy) is 1. The molecule has 0 N–H and O–H groups in total. The van der Waals surface area contributed by atoms with E-state index in [0.717, 1.165) is 10.0 Å². The summed E-state index contributed by atoms with van der Waals surface area (Å²) in [7, 11) is 0. The molecule has 2 aromatic rings.